The summed E-state index contributed by atoms with van der Waals surface area (Å²) in [6.45, 7) is 0. The average molecular weight is 495 g/mol. The molecule has 184 valence electrons. The van der Waals surface area contributed by atoms with E-state index in [4.69, 9.17) is 14.3 Å². The van der Waals surface area contributed by atoms with Crippen molar-refractivity contribution in [2.75, 3.05) is 10.6 Å². The summed E-state index contributed by atoms with van der Waals surface area (Å²) in [6.07, 6.45) is 2.57. The second kappa shape index (κ2) is 9.95. The summed E-state index contributed by atoms with van der Waals surface area (Å²) in [4.78, 5) is 27.2. The lowest BCUT2D eigenvalue weighted by molar-refractivity contribution is -0.143. The van der Waals surface area contributed by atoms with Gasteiger partial charge in [-0.05, 0) is 25.7 Å². The number of hydrogen-bond acceptors (Lipinski definition) is 8. The van der Waals surface area contributed by atoms with Gasteiger partial charge in [-0.15, -0.1) is 5.10 Å². The van der Waals surface area contributed by atoms with Gasteiger partial charge in [0.2, 0.25) is 5.88 Å². The topological polar surface area (TPSA) is 139 Å². The highest BCUT2D eigenvalue weighted by atomic mass is 19.2. The number of rotatable bonds is 7. The maximum Gasteiger partial charge on any atom is 0.320 e. The van der Waals surface area contributed by atoms with Crippen LogP contribution in [0.4, 0.5) is 35.0 Å². The van der Waals surface area contributed by atoms with Crippen LogP contribution in [0.15, 0.2) is 28.8 Å². The number of benzene rings is 1. The Morgan fingerprint density at radius 1 is 0.943 bits per heavy atom. The number of carboxylic acids is 1. The standard InChI is InChI=1S/C21H17F4N5O5/c22-11-5-13(24)15(6-12(11)23)28-21-30-29-19(35-21)18(31)27-16-8-26-17(7-14(16)25)34-10-3-1-9(2-4-10)20(32)33/h5-10H,1-4H2,(H,27,31)(H,28,30)(H,32,33)/t9-,10+. The summed E-state index contributed by atoms with van der Waals surface area (Å²) in [5, 5.41) is 20.3. The molecule has 1 fully saturated rings. The van der Waals surface area contributed by atoms with E-state index in [1.54, 1.807) is 0 Å². The van der Waals surface area contributed by atoms with E-state index in [-0.39, 0.29) is 17.7 Å². The molecule has 1 saturated carbocycles. The fraction of sp³-hybridized carbons (Fsp3) is 0.286. The molecular weight excluding hydrogens is 478 g/mol. The third-order valence-corrected chi connectivity index (χ3v) is 5.26. The maximum absolute atomic E-state index is 14.5. The van der Waals surface area contributed by atoms with Gasteiger partial charge >= 0.3 is 23.8 Å². The molecule has 3 N–H and O–H groups in total. The Kier molecular flexibility index (Phi) is 6.80. The van der Waals surface area contributed by atoms with Crippen LogP contribution in [0.2, 0.25) is 0 Å². The van der Waals surface area contributed by atoms with Crippen molar-refractivity contribution < 1.29 is 41.4 Å². The van der Waals surface area contributed by atoms with E-state index < -0.39 is 58.7 Å². The number of carbonyl (C=O) groups excluding carboxylic acids is 1. The number of carbonyl (C=O) groups is 2. The highest BCUT2D eigenvalue weighted by Crippen LogP contribution is 2.28. The van der Waals surface area contributed by atoms with Crippen molar-refractivity contribution >= 4 is 29.3 Å². The SMILES string of the molecule is O=C(Nc1cnc(O[C@H]2CC[C@@H](C(=O)O)CC2)cc1F)c1nnc(Nc2cc(F)c(F)cc2F)o1. The summed E-state index contributed by atoms with van der Waals surface area (Å²) in [5.74, 6) is -7.68. The van der Waals surface area contributed by atoms with Gasteiger partial charge in [0.15, 0.2) is 17.5 Å². The monoisotopic (exact) mass is 495 g/mol. The zero-order valence-corrected chi connectivity index (χ0v) is 17.7. The number of hydrogen-bond donors (Lipinski definition) is 3. The van der Waals surface area contributed by atoms with Gasteiger partial charge in [-0.3, -0.25) is 9.59 Å². The first-order chi connectivity index (χ1) is 16.7. The van der Waals surface area contributed by atoms with Crippen molar-refractivity contribution in [3.8, 4) is 5.88 Å². The Hall–Kier alpha value is -4.23. The Morgan fingerprint density at radius 2 is 1.63 bits per heavy atom. The van der Waals surface area contributed by atoms with Gasteiger partial charge in [0.05, 0.1) is 23.5 Å². The predicted molar refractivity (Wildman–Crippen MR) is 110 cm³/mol. The predicted octanol–water partition coefficient (Wildman–Crippen LogP) is 4.04. The molecule has 14 heteroatoms. The molecule has 0 atom stereocenters. The Morgan fingerprint density at radius 3 is 2.31 bits per heavy atom. The number of anilines is 3. The molecule has 10 nitrogen and oxygen atoms in total. The van der Waals surface area contributed by atoms with Gasteiger partial charge in [-0.25, -0.2) is 22.5 Å². The maximum atomic E-state index is 14.5. The van der Waals surface area contributed by atoms with Crippen LogP contribution in [-0.2, 0) is 4.79 Å². The molecule has 35 heavy (non-hydrogen) atoms. The fourth-order valence-electron chi connectivity index (χ4n) is 3.44. The van der Waals surface area contributed by atoms with Crippen LogP contribution in [0.3, 0.4) is 0 Å². The fourth-order valence-corrected chi connectivity index (χ4v) is 3.44. The number of amides is 1. The van der Waals surface area contributed by atoms with Crippen molar-refractivity contribution in [1.29, 1.82) is 0 Å². The van der Waals surface area contributed by atoms with E-state index in [1.165, 1.54) is 0 Å². The molecule has 1 aromatic carbocycles. The number of ether oxygens (including phenoxy) is 1. The van der Waals surface area contributed by atoms with E-state index in [1.807, 2.05) is 0 Å². The second-order valence-corrected chi connectivity index (χ2v) is 7.67. The summed E-state index contributed by atoms with van der Waals surface area (Å²) in [7, 11) is 0. The van der Waals surface area contributed by atoms with Crippen molar-refractivity contribution in [1.82, 2.24) is 15.2 Å². The zero-order valence-electron chi connectivity index (χ0n) is 17.7. The minimum Gasteiger partial charge on any atom is -0.481 e. The van der Waals surface area contributed by atoms with E-state index in [0.29, 0.717) is 37.8 Å². The van der Waals surface area contributed by atoms with Gasteiger partial charge in [0.1, 0.15) is 11.9 Å². The zero-order chi connectivity index (χ0) is 25.1. The number of carboxylic acid groups (broad SMARTS) is 1. The Balaban J connectivity index is 1.36. The van der Waals surface area contributed by atoms with Crippen LogP contribution >= 0.6 is 0 Å². The summed E-state index contributed by atoms with van der Waals surface area (Å²) < 4.78 is 65.1. The summed E-state index contributed by atoms with van der Waals surface area (Å²) in [6, 6.07) is 1.30. The molecule has 1 aliphatic carbocycles. The molecule has 2 aromatic heterocycles. The normalized spacial score (nSPS) is 17.6. The minimum atomic E-state index is -1.39. The third-order valence-electron chi connectivity index (χ3n) is 5.26. The molecular formula is C21H17F4N5O5. The van der Waals surface area contributed by atoms with Crippen molar-refractivity contribution in [2.45, 2.75) is 31.8 Å². The number of nitrogens with zero attached hydrogens (tertiary/aromatic N) is 3. The van der Waals surface area contributed by atoms with Gasteiger partial charge in [-0.1, -0.05) is 5.10 Å². The molecule has 0 unspecified atom stereocenters. The van der Waals surface area contributed by atoms with Crippen LogP contribution in [-0.4, -0.2) is 38.3 Å². The first kappa shape index (κ1) is 23.9. The molecule has 4 rings (SSSR count). The third kappa shape index (κ3) is 5.65. The number of pyridine rings is 1. The molecule has 0 saturated heterocycles. The first-order valence-corrected chi connectivity index (χ1v) is 10.3. The quantitative estimate of drug-likeness (QED) is 0.327. The van der Waals surface area contributed by atoms with Crippen LogP contribution < -0.4 is 15.4 Å². The van der Waals surface area contributed by atoms with E-state index in [9.17, 15) is 27.2 Å². The average Bonchev–Trinajstić information content (AvgIpc) is 3.28. The number of aromatic nitrogens is 3. The molecule has 0 spiro atoms. The summed E-state index contributed by atoms with van der Waals surface area (Å²) in [5.41, 5.74) is -0.835. The first-order valence-electron chi connectivity index (χ1n) is 10.3. The van der Waals surface area contributed by atoms with Crippen molar-refractivity contribution in [3.63, 3.8) is 0 Å². The largest absolute Gasteiger partial charge is 0.481 e. The van der Waals surface area contributed by atoms with E-state index in [0.717, 1.165) is 12.3 Å². The van der Waals surface area contributed by atoms with Gasteiger partial charge in [-0.2, -0.15) is 0 Å². The van der Waals surface area contributed by atoms with Crippen LogP contribution in [0.5, 0.6) is 5.88 Å². The Labute approximate surface area is 194 Å². The highest BCUT2D eigenvalue weighted by Gasteiger charge is 2.27. The van der Waals surface area contributed by atoms with Crippen molar-refractivity contribution in [3.05, 3.63) is 53.6 Å². The lowest BCUT2D eigenvalue weighted by Gasteiger charge is -2.26. The van der Waals surface area contributed by atoms with Crippen LogP contribution in [0, 0.1) is 29.2 Å². The van der Waals surface area contributed by atoms with Crippen LogP contribution in [0.1, 0.15) is 36.4 Å². The van der Waals surface area contributed by atoms with E-state index >= 15 is 0 Å². The summed E-state index contributed by atoms with van der Waals surface area (Å²) >= 11 is 0. The molecule has 3 aromatic rings. The lowest BCUT2D eigenvalue weighted by Crippen LogP contribution is -2.28. The molecule has 0 bridgehead atoms. The molecule has 0 radical (unpaired) electrons. The second-order valence-electron chi connectivity index (χ2n) is 7.67. The Bertz CT molecular complexity index is 1260. The smallest absolute Gasteiger partial charge is 0.320 e. The highest BCUT2D eigenvalue weighted by molar-refractivity contribution is 6.00. The number of nitrogens with one attached hydrogen (secondary N) is 2. The minimum absolute atomic E-state index is 0.0305. The molecule has 0 aliphatic heterocycles. The van der Waals surface area contributed by atoms with Gasteiger partial charge in [0.25, 0.3) is 0 Å². The van der Waals surface area contributed by atoms with E-state index in [2.05, 4.69) is 25.8 Å². The number of aliphatic carboxylic acids is 1. The van der Waals surface area contributed by atoms with Crippen LogP contribution in [0.25, 0.3) is 0 Å². The molecule has 1 aliphatic rings. The lowest BCUT2D eigenvalue weighted by atomic mass is 9.87. The van der Waals surface area contributed by atoms with Gasteiger partial charge in [0, 0.05) is 18.2 Å². The van der Waals surface area contributed by atoms with Crippen molar-refractivity contribution in [2.24, 2.45) is 5.92 Å². The molecule has 2 heterocycles. The number of halogens is 4. The van der Waals surface area contributed by atoms with Gasteiger partial charge < -0.3 is 24.9 Å². The molecule has 1 amide bonds.